The number of ether oxygens (including phenoxy) is 2. The van der Waals surface area contributed by atoms with Crippen molar-refractivity contribution >= 4 is 11.9 Å². The highest BCUT2D eigenvalue weighted by Gasteiger charge is 2.17. The highest BCUT2D eigenvalue weighted by Crippen LogP contribution is 2.14. The van der Waals surface area contributed by atoms with Crippen LogP contribution in [0.1, 0.15) is 26.3 Å². The predicted molar refractivity (Wildman–Crippen MR) is 80.1 cm³/mol. The molecule has 0 aromatic heterocycles. The van der Waals surface area contributed by atoms with Crippen molar-refractivity contribution in [1.29, 1.82) is 0 Å². The lowest BCUT2D eigenvalue weighted by Gasteiger charge is -2.14. The number of aryl methyl sites for hydroxylation is 1. The minimum Gasteiger partial charge on any atom is -0.479 e. The molecule has 5 heteroatoms. The van der Waals surface area contributed by atoms with Crippen LogP contribution in [-0.4, -0.2) is 31.1 Å². The Kier molecular flexibility index (Phi) is 6.72. The van der Waals surface area contributed by atoms with Crippen molar-refractivity contribution in [1.82, 2.24) is 5.32 Å². The van der Waals surface area contributed by atoms with Crippen LogP contribution in [0.5, 0.6) is 5.75 Å². The molecule has 0 radical (unpaired) electrons. The second-order valence-electron chi connectivity index (χ2n) is 5.38. The smallest absolute Gasteiger partial charge is 0.347 e. The Morgan fingerprint density at radius 2 is 1.95 bits per heavy atom. The van der Waals surface area contributed by atoms with Gasteiger partial charge >= 0.3 is 5.97 Å². The van der Waals surface area contributed by atoms with E-state index < -0.39 is 12.1 Å². The lowest BCUT2D eigenvalue weighted by Crippen LogP contribution is -2.34. The highest BCUT2D eigenvalue weighted by atomic mass is 16.6. The third-order valence-corrected chi connectivity index (χ3v) is 2.69. The molecule has 5 nitrogen and oxygen atoms in total. The van der Waals surface area contributed by atoms with E-state index in [1.165, 1.54) is 0 Å². The average Bonchev–Trinajstić information content (AvgIpc) is 2.42. The lowest BCUT2D eigenvalue weighted by molar-refractivity contribution is -0.154. The number of amides is 1. The van der Waals surface area contributed by atoms with Crippen LogP contribution in [0.15, 0.2) is 24.3 Å². The number of esters is 1. The monoisotopic (exact) mass is 293 g/mol. The molecule has 116 valence electrons. The average molecular weight is 293 g/mol. The van der Waals surface area contributed by atoms with E-state index >= 15 is 0 Å². The summed E-state index contributed by atoms with van der Waals surface area (Å²) in [4.78, 5) is 23.2. The molecule has 1 N–H and O–H groups in total. The van der Waals surface area contributed by atoms with Crippen LogP contribution in [0.2, 0.25) is 0 Å². The van der Waals surface area contributed by atoms with Crippen molar-refractivity contribution in [2.24, 2.45) is 5.92 Å². The molecule has 1 atom stereocenters. The molecule has 1 aromatic carbocycles. The minimum absolute atomic E-state index is 0.285. The van der Waals surface area contributed by atoms with Crippen LogP contribution in [-0.2, 0) is 14.3 Å². The van der Waals surface area contributed by atoms with Gasteiger partial charge in [0, 0.05) is 6.54 Å². The summed E-state index contributed by atoms with van der Waals surface area (Å²) in [6, 6.07) is 7.39. The zero-order valence-electron chi connectivity index (χ0n) is 13.0. The third kappa shape index (κ3) is 6.79. The predicted octanol–water partition coefficient (Wildman–Crippen LogP) is 2.08. The molecule has 1 amide bonds. The van der Waals surface area contributed by atoms with Crippen molar-refractivity contribution < 1.29 is 19.1 Å². The fourth-order valence-electron chi connectivity index (χ4n) is 1.56. The van der Waals surface area contributed by atoms with Crippen molar-refractivity contribution in [2.75, 3.05) is 13.2 Å². The molecule has 21 heavy (non-hydrogen) atoms. The second kappa shape index (κ2) is 8.29. The Labute approximate surface area is 125 Å². The molecule has 0 saturated carbocycles. The van der Waals surface area contributed by atoms with E-state index in [4.69, 9.17) is 9.47 Å². The van der Waals surface area contributed by atoms with Gasteiger partial charge in [0.25, 0.3) is 5.91 Å². The van der Waals surface area contributed by atoms with E-state index in [-0.39, 0.29) is 12.5 Å². The second-order valence-corrected chi connectivity index (χ2v) is 5.38. The van der Waals surface area contributed by atoms with Crippen LogP contribution < -0.4 is 10.1 Å². The molecular formula is C16H23NO4. The number of hydrogen-bond acceptors (Lipinski definition) is 4. The van der Waals surface area contributed by atoms with Crippen molar-refractivity contribution in [3.05, 3.63) is 29.8 Å². The van der Waals surface area contributed by atoms with Gasteiger partial charge in [0.2, 0.25) is 0 Å². The maximum absolute atomic E-state index is 11.7. The maximum atomic E-state index is 11.7. The number of carbonyl (C=O) groups is 2. The van der Waals surface area contributed by atoms with E-state index in [0.717, 1.165) is 5.56 Å². The standard InChI is InChI=1S/C16H23NO4/c1-11(2)9-17-15(18)10-20-16(19)13(4)21-14-7-5-6-12(3)8-14/h5-8,11,13H,9-10H2,1-4H3,(H,17,18)/t13-/m0/s1. The molecule has 0 heterocycles. The molecule has 0 fully saturated rings. The van der Waals surface area contributed by atoms with Gasteiger partial charge < -0.3 is 14.8 Å². The molecule has 0 aliphatic carbocycles. The fraction of sp³-hybridized carbons (Fsp3) is 0.500. The summed E-state index contributed by atoms with van der Waals surface area (Å²) >= 11 is 0. The Bertz CT molecular complexity index is 485. The number of nitrogens with one attached hydrogen (secondary N) is 1. The van der Waals surface area contributed by atoms with Crippen molar-refractivity contribution in [3.8, 4) is 5.75 Å². The summed E-state index contributed by atoms with van der Waals surface area (Å²) in [6.07, 6.45) is -0.760. The van der Waals surface area contributed by atoms with Crippen LogP contribution in [0.4, 0.5) is 0 Å². The molecule has 0 aliphatic rings. The minimum atomic E-state index is -0.760. The summed E-state index contributed by atoms with van der Waals surface area (Å²) in [5.74, 6) is 0.0907. The molecule has 1 rings (SSSR count). The molecule has 0 unspecified atom stereocenters. The molecule has 0 bridgehead atoms. The van der Waals surface area contributed by atoms with Crippen LogP contribution in [0.3, 0.4) is 0 Å². The molecular weight excluding hydrogens is 270 g/mol. The Morgan fingerprint density at radius 3 is 2.57 bits per heavy atom. The molecule has 0 saturated heterocycles. The first-order valence-corrected chi connectivity index (χ1v) is 7.05. The Morgan fingerprint density at radius 1 is 1.24 bits per heavy atom. The van der Waals surface area contributed by atoms with Crippen molar-refractivity contribution in [3.63, 3.8) is 0 Å². The van der Waals surface area contributed by atoms with Gasteiger partial charge in [-0.2, -0.15) is 0 Å². The maximum Gasteiger partial charge on any atom is 0.347 e. The fourth-order valence-corrected chi connectivity index (χ4v) is 1.56. The van der Waals surface area contributed by atoms with Crippen LogP contribution in [0, 0.1) is 12.8 Å². The number of rotatable bonds is 7. The number of benzene rings is 1. The SMILES string of the molecule is Cc1cccc(O[C@@H](C)C(=O)OCC(=O)NCC(C)C)c1. The van der Waals surface area contributed by atoms with Gasteiger partial charge in [-0.15, -0.1) is 0 Å². The summed E-state index contributed by atoms with van der Waals surface area (Å²) < 4.78 is 10.4. The zero-order valence-corrected chi connectivity index (χ0v) is 13.0. The summed E-state index contributed by atoms with van der Waals surface area (Å²) in [7, 11) is 0. The normalized spacial score (nSPS) is 11.9. The molecule has 0 aliphatic heterocycles. The Hall–Kier alpha value is -2.04. The first-order valence-electron chi connectivity index (χ1n) is 7.05. The molecule has 0 spiro atoms. The van der Waals surface area contributed by atoms with Gasteiger partial charge in [-0.05, 0) is 37.5 Å². The topological polar surface area (TPSA) is 64.6 Å². The van der Waals surface area contributed by atoms with Gasteiger partial charge in [-0.3, -0.25) is 4.79 Å². The van der Waals surface area contributed by atoms with Gasteiger partial charge in [0.1, 0.15) is 5.75 Å². The van der Waals surface area contributed by atoms with Gasteiger partial charge in [-0.25, -0.2) is 4.79 Å². The number of hydrogen-bond donors (Lipinski definition) is 1. The third-order valence-electron chi connectivity index (χ3n) is 2.69. The highest BCUT2D eigenvalue weighted by molar-refractivity contribution is 5.81. The summed E-state index contributed by atoms with van der Waals surface area (Å²) in [5.41, 5.74) is 1.04. The van der Waals surface area contributed by atoms with Gasteiger partial charge in [0.15, 0.2) is 12.7 Å². The Balaban J connectivity index is 2.36. The van der Waals surface area contributed by atoms with Gasteiger partial charge in [-0.1, -0.05) is 26.0 Å². The van der Waals surface area contributed by atoms with Crippen LogP contribution in [0.25, 0.3) is 0 Å². The van der Waals surface area contributed by atoms with E-state index in [9.17, 15) is 9.59 Å². The molecule has 1 aromatic rings. The van der Waals surface area contributed by atoms with E-state index in [1.54, 1.807) is 13.0 Å². The van der Waals surface area contributed by atoms with Crippen molar-refractivity contribution in [2.45, 2.75) is 33.8 Å². The van der Waals surface area contributed by atoms with Gasteiger partial charge in [0.05, 0.1) is 0 Å². The zero-order chi connectivity index (χ0) is 15.8. The van der Waals surface area contributed by atoms with E-state index in [0.29, 0.717) is 18.2 Å². The quantitative estimate of drug-likeness (QED) is 0.782. The summed E-state index contributed by atoms with van der Waals surface area (Å²) in [5, 5.41) is 2.68. The van der Waals surface area contributed by atoms with Crippen LogP contribution >= 0.6 is 0 Å². The number of carbonyl (C=O) groups excluding carboxylic acids is 2. The van der Waals surface area contributed by atoms with E-state index in [2.05, 4.69) is 5.32 Å². The first-order chi connectivity index (χ1) is 9.88. The largest absolute Gasteiger partial charge is 0.479 e. The first kappa shape index (κ1) is 17.0. The van der Waals surface area contributed by atoms with E-state index in [1.807, 2.05) is 39.0 Å². The summed E-state index contributed by atoms with van der Waals surface area (Å²) in [6.45, 7) is 7.79. The lowest BCUT2D eigenvalue weighted by atomic mass is 10.2.